The average Bonchev–Trinajstić information content (AvgIpc) is 3.44. The molecule has 0 saturated carbocycles. The molecule has 1 atom stereocenters. The van der Waals surface area contributed by atoms with Crippen molar-refractivity contribution in [2.75, 3.05) is 32.1 Å². The second-order valence-electron chi connectivity index (χ2n) is 7.03. The monoisotopic (exact) mass is 417 g/mol. The summed E-state index contributed by atoms with van der Waals surface area (Å²) < 4.78 is 10.9. The molecule has 1 aliphatic rings. The van der Waals surface area contributed by atoms with Gasteiger partial charge < -0.3 is 24.7 Å². The number of likely N-dealkylation sites (tertiary alicyclic amines) is 1. The molecule has 3 aromatic rings. The predicted molar refractivity (Wildman–Crippen MR) is 118 cm³/mol. The van der Waals surface area contributed by atoms with E-state index in [2.05, 4.69) is 38.7 Å². The van der Waals surface area contributed by atoms with E-state index in [1.165, 1.54) is 12.4 Å². The van der Waals surface area contributed by atoms with Crippen molar-refractivity contribution in [3.63, 3.8) is 0 Å². The fourth-order valence-electron chi connectivity index (χ4n) is 3.51. The number of nitrogens with one attached hydrogen (secondary N) is 2. The van der Waals surface area contributed by atoms with Gasteiger partial charge in [0, 0.05) is 19.1 Å². The number of ether oxygens (including phenoxy) is 2. The number of aromatic nitrogens is 3. The zero-order valence-electron chi connectivity index (χ0n) is 17.2. The van der Waals surface area contributed by atoms with Crippen LogP contribution in [0.25, 0.3) is 11.0 Å². The van der Waals surface area contributed by atoms with E-state index in [0.717, 1.165) is 23.3 Å². The van der Waals surface area contributed by atoms with E-state index in [1.807, 2.05) is 30.3 Å². The van der Waals surface area contributed by atoms with Gasteiger partial charge in [0.1, 0.15) is 24.4 Å². The Morgan fingerprint density at radius 3 is 3.03 bits per heavy atom. The molecule has 8 nitrogen and oxygen atoms in total. The van der Waals surface area contributed by atoms with Crippen molar-refractivity contribution in [2.45, 2.75) is 12.5 Å². The average molecular weight is 417 g/mol. The fraction of sp³-hybridized carbons (Fsp3) is 0.261. The van der Waals surface area contributed by atoms with E-state index in [1.54, 1.807) is 12.0 Å². The number of hydrogen-bond donors (Lipinski definition) is 2. The number of carbonyl (C=O) groups is 1. The van der Waals surface area contributed by atoms with Crippen LogP contribution < -0.4 is 14.8 Å². The van der Waals surface area contributed by atoms with E-state index in [-0.39, 0.29) is 18.6 Å². The van der Waals surface area contributed by atoms with Crippen LogP contribution in [0.2, 0.25) is 0 Å². The second kappa shape index (κ2) is 9.22. The predicted octanol–water partition coefficient (Wildman–Crippen LogP) is 2.60. The van der Waals surface area contributed by atoms with Gasteiger partial charge in [0.15, 0.2) is 11.5 Å². The molecule has 0 aliphatic carbocycles. The van der Waals surface area contributed by atoms with E-state index in [0.29, 0.717) is 30.2 Å². The van der Waals surface area contributed by atoms with Gasteiger partial charge in [0.05, 0.1) is 18.2 Å². The third kappa shape index (κ3) is 4.61. The molecule has 1 aliphatic heterocycles. The molecule has 1 aromatic carbocycles. The number of methoxy groups -OCH3 is 1. The van der Waals surface area contributed by atoms with Crippen LogP contribution in [0.1, 0.15) is 12.1 Å². The maximum absolute atomic E-state index is 11.8. The van der Waals surface area contributed by atoms with Gasteiger partial charge in [-0.3, -0.25) is 4.79 Å². The lowest BCUT2D eigenvalue weighted by molar-refractivity contribution is -0.125. The molecule has 0 bridgehead atoms. The first-order chi connectivity index (χ1) is 15.2. The Bertz CT molecular complexity index is 1160. The summed E-state index contributed by atoms with van der Waals surface area (Å²) in [5.41, 5.74) is 1.42. The van der Waals surface area contributed by atoms with E-state index < -0.39 is 0 Å². The summed E-state index contributed by atoms with van der Waals surface area (Å²) in [5, 5.41) is 4.27. The third-order valence-corrected chi connectivity index (χ3v) is 5.03. The molecule has 0 unspecified atom stereocenters. The van der Waals surface area contributed by atoms with Gasteiger partial charge in [-0.25, -0.2) is 9.97 Å². The number of hydrogen-bond acceptors (Lipinski definition) is 6. The number of benzene rings is 1. The molecule has 1 amide bonds. The zero-order chi connectivity index (χ0) is 21.6. The number of fused-ring (bicyclic) bond motifs is 1. The van der Waals surface area contributed by atoms with Gasteiger partial charge in [0.25, 0.3) is 0 Å². The first-order valence-corrected chi connectivity index (χ1v) is 9.94. The Morgan fingerprint density at radius 1 is 1.39 bits per heavy atom. The number of nitrogens with zero attached hydrogens (tertiary/aromatic N) is 3. The quantitative estimate of drug-likeness (QED) is 0.473. The molecule has 0 radical (unpaired) electrons. The van der Waals surface area contributed by atoms with Crippen LogP contribution in [0, 0.1) is 11.8 Å². The maximum Gasteiger partial charge on any atom is 0.246 e. The third-order valence-electron chi connectivity index (χ3n) is 5.03. The van der Waals surface area contributed by atoms with Gasteiger partial charge in [-0.05, 0) is 36.6 Å². The van der Waals surface area contributed by atoms with Crippen LogP contribution in [0.3, 0.4) is 0 Å². The number of H-pyrrole nitrogens is 1. The Hall–Kier alpha value is -3.99. The minimum absolute atomic E-state index is 0.0494. The van der Waals surface area contributed by atoms with Crippen molar-refractivity contribution in [3.05, 3.63) is 55.0 Å². The largest absolute Gasteiger partial charge is 0.493 e. The molecule has 4 rings (SSSR count). The molecular formula is C23H23N5O3. The zero-order valence-corrected chi connectivity index (χ0v) is 17.2. The van der Waals surface area contributed by atoms with Crippen LogP contribution in [-0.2, 0) is 4.79 Å². The summed E-state index contributed by atoms with van der Waals surface area (Å²) in [5.74, 6) is 8.05. The van der Waals surface area contributed by atoms with Gasteiger partial charge in [-0.1, -0.05) is 24.6 Å². The molecule has 2 aromatic heterocycles. The molecule has 0 spiro atoms. The summed E-state index contributed by atoms with van der Waals surface area (Å²) >= 11 is 0. The first kappa shape index (κ1) is 20.3. The summed E-state index contributed by atoms with van der Waals surface area (Å²) in [6.07, 6.45) is 3.70. The second-order valence-corrected chi connectivity index (χ2v) is 7.03. The van der Waals surface area contributed by atoms with Crippen LogP contribution >= 0.6 is 0 Å². The van der Waals surface area contributed by atoms with Gasteiger partial charge in [-0.15, -0.1) is 0 Å². The highest BCUT2D eigenvalue weighted by Crippen LogP contribution is 2.25. The summed E-state index contributed by atoms with van der Waals surface area (Å²) in [6, 6.07) is 9.48. The molecule has 158 valence electrons. The SMILES string of the molecule is C=CC(=O)N1CC[C@@H](Nc2ncnc3[nH]c(C#CCOc4ccccc4OC)cc23)C1. The van der Waals surface area contributed by atoms with Gasteiger partial charge in [0.2, 0.25) is 5.91 Å². The summed E-state index contributed by atoms with van der Waals surface area (Å²) in [4.78, 5) is 25.4. The first-order valence-electron chi connectivity index (χ1n) is 9.94. The lowest BCUT2D eigenvalue weighted by atomic mass is 10.2. The van der Waals surface area contributed by atoms with E-state index in [4.69, 9.17) is 9.47 Å². The highest BCUT2D eigenvalue weighted by molar-refractivity contribution is 5.89. The van der Waals surface area contributed by atoms with E-state index >= 15 is 0 Å². The van der Waals surface area contributed by atoms with Gasteiger partial charge >= 0.3 is 0 Å². The Labute approximate surface area is 180 Å². The number of aromatic amines is 1. The number of carbonyl (C=O) groups excluding carboxylic acids is 1. The van der Waals surface area contributed by atoms with Crippen LogP contribution in [0.5, 0.6) is 11.5 Å². The molecule has 1 saturated heterocycles. The molecule has 31 heavy (non-hydrogen) atoms. The van der Waals surface area contributed by atoms with Crippen LogP contribution in [0.4, 0.5) is 5.82 Å². The summed E-state index contributed by atoms with van der Waals surface area (Å²) in [7, 11) is 1.60. The molecule has 8 heteroatoms. The Kier molecular flexibility index (Phi) is 6.03. The molecular weight excluding hydrogens is 394 g/mol. The highest BCUT2D eigenvalue weighted by Gasteiger charge is 2.25. The van der Waals surface area contributed by atoms with Crippen molar-refractivity contribution in [1.29, 1.82) is 0 Å². The highest BCUT2D eigenvalue weighted by atomic mass is 16.5. The van der Waals surface area contributed by atoms with Gasteiger partial charge in [-0.2, -0.15) is 0 Å². The lowest BCUT2D eigenvalue weighted by Crippen LogP contribution is -2.30. The smallest absolute Gasteiger partial charge is 0.246 e. The van der Waals surface area contributed by atoms with Crippen molar-refractivity contribution in [2.24, 2.45) is 0 Å². The normalized spacial score (nSPS) is 15.3. The maximum atomic E-state index is 11.8. The molecule has 3 heterocycles. The van der Waals surface area contributed by atoms with Crippen LogP contribution in [-0.4, -0.2) is 58.6 Å². The Balaban J connectivity index is 1.43. The minimum Gasteiger partial charge on any atom is -0.493 e. The van der Waals surface area contributed by atoms with E-state index in [9.17, 15) is 4.79 Å². The molecule has 1 fully saturated rings. The minimum atomic E-state index is -0.0494. The Morgan fingerprint density at radius 2 is 2.23 bits per heavy atom. The number of rotatable bonds is 6. The molecule has 2 N–H and O–H groups in total. The summed E-state index contributed by atoms with van der Waals surface area (Å²) in [6.45, 7) is 5.09. The number of amides is 1. The van der Waals surface area contributed by atoms with Crippen molar-refractivity contribution >= 4 is 22.8 Å². The fourth-order valence-corrected chi connectivity index (χ4v) is 3.51. The number of para-hydroxylation sites is 2. The topological polar surface area (TPSA) is 92.4 Å². The van der Waals surface area contributed by atoms with Crippen molar-refractivity contribution < 1.29 is 14.3 Å². The van der Waals surface area contributed by atoms with Crippen molar-refractivity contribution in [1.82, 2.24) is 19.9 Å². The standard InChI is InChI=1S/C23H23N5O3/c1-3-21(29)28-11-10-17(14-28)27-23-18-13-16(26-22(18)24-15-25-23)7-6-12-31-20-9-5-4-8-19(20)30-2/h3-5,8-9,13,15,17H,1,10-12,14H2,2H3,(H2,24,25,26,27)/t17-/m1/s1. The van der Waals surface area contributed by atoms with Crippen LogP contribution in [0.15, 0.2) is 49.3 Å². The number of anilines is 1. The lowest BCUT2D eigenvalue weighted by Gasteiger charge is -2.15. The van der Waals surface area contributed by atoms with Crippen molar-refractivity contribution in [3.8, 4) is 23.3 Å².